The first kappa shape index (κ1) is 16.3. The highest BCUT2D eigenvalue weighted by Crippen LogP contribution is 2.18. The Morgan fingerprint density at radius 1 is 0.962 bits per heavy atom. The minimum atomic E-state index is -0.578. The van der Waals surface area contributed by atoms with E-state index in [0.717, 1.165) is 11.3 Å². The van der Waals surface area contributed by atoms with Crippen molar-refractivity contribution in [1.82, 2.24) is 14.8 Å². The van der Waals surface area contributed by atoms with Gasteiger partial charge in [-0.3, -0.25) is 0 Å². The Labute approximate surface area is 151 Å². The second-order valence-corrected chi connectivity index (χ2v) is 6.19. The van der Waals surface area contributed by atoms with Gasteiger partial charge in [0, 0.05) is 12.5 Å². The quantitative estimate of drug-likeness (QED) is 0.582. The minimum absolute atomic E-state index is 0.230. The van der Waals surface area contributed by atoms with Crippen molar-refractivity contribution in [2.75, 3.05) is 6.61 Å². The molecule has 4 aromatic rings. The molecule has 0 aliphatic rings. The summed E-state index contributed by atoms with van der Waals surface area (Å²) in [5.74, 6) is 0.690. The predicted molar refractivity (Wildman–Crippen MR) is 101 cm³/mol. The molecule has 0 aliphatic carbocycles. The predicted octanol–water partition coefficient (Wildman–Crippen LogP) is 3.40. The lowest BCUT2D eigenvalue weighted by atomic mass is 10.0. The number of aliphatic hydroxyl groups is 1. The third-order valence-corrected chi connectivity index (χ3v) is 4.23. The number of aliphatic hydroxyl groups excluding tert-OH is 1. The van der Waals surface area contributed by atoms with Crippen molar-refractivity contribution >= 4 is 10.8 Å². The van der Waals surface area contributed by atoms with Crippen molar-refractivity contribution in [2.45, 2.75) is 12.5 Å². The van der Waals surface area contributed by atoms with Crippen LogP contribution >= 0.6 is 0 Å². The van der Waals surface area contributed by atoms with Gasteiger partial charge in [-0.05, 0) is 28.5 Å². The van der Waals surface area contributed by atoms with E-state index in [1.807, 2.05) is 36.4 Å². The summed E-state index contributed by atoms with van der Waals surface area (Å²) >= 11 is 0. The average molecular weight is 345 g/mol. The molecule has 0 fully saturated rings. The number of benzene rings is 3. The fourth-order valence-corrected chi connectivity index (χ4v) is 2.95. The van der Waals surface area contributed by atoms with Crippen LogP contribution < -0.4 is 4.74 Å². The van der Waals surface area contributed by atoms with Crippen molar-refractivity contribution in [3.05, 3.63) is 84.9 Å². The van der Waals surface area contributed by atoms with Crippen molar-refractivity contribution in [3.63, 3.8) is 0 Å². The van der Waals surface area contributed by atoms with Crippen LogP contribution in [0.2, 0.25) is 0 Å². The minimum Gasteiger partial charge on any atom is -0.491 e. The Bertz CT molecular complexity index is 999. The van der Waals surface area contributed by atoms with Crippen LogP contribution in [0.3, 0.4) is 0 Å². The Balaban J connectivity index is 1.39. The van der Waals surface area contributed by atoms with Crippen molar-refractivity contribution in [2.24, 2.45) is 0 Å². The van der Waals surface area contributed by atoms with Gasteiger partial charge >= 0.3 is 0 Å². The highest BCUT2D eigenvalue weighted by Gasteiger charge is 2.08. The highest BCUT2D eigenvalue weighted by molar-refractivity contribution is 5.82. The van der Waals surface area contributed by atoms with Gasteiger partial charge in [0.05, 0.1) is 11.8 Å². The molecule has 4 rings (SSSR count). The van der Waals surface area contributed by atoms with E-state index in [2.05, 4.69) is 40.4 Å². The molecule has 1 heterocycles. The molecule has 5 nitrogen and oxygen atoms in total. The maximum absolute atomic E-state index is 10.3. The lowest BCUT2D eigenvalue weighted by molar-refractivity contribution is 0.108. The van der Waals surface area contributed by atoms with Crippen LogP contribution in [0, 0.1) is 0 Å². The molecular weight excluding hydrogens is 326 g/mol. The second-order valence-electron chi connectivity index (χ2n) is 6.19. The second kappa shape index (κ2) is 7.37. The number of aromatic nitrogens is 3. The lowest BCUT2D eigenvalue weighted by Crippen LogP contribution is -2.20. The maximum Gasteiger partial charge on any atom is 0.138 e. The van der Waals surface area contributed by atoms with Gasteiger partial charge in [-0.15, -0.1) is 0 Å². The first-order valence-corrected chi connectivity index (χ1v) is 8.51. The molecule has 0 bridgehead atoms. The summed E-state index contributed by atoms with van der Waals surface area (Å²) in [5, 5.41) is 16.8. The first-order chi connectivity index (χ1) is 12.8. The third kappa shape index (κ3) is 3.73. The van der Waals surface area contributed by atoms with Gasteiger partial charge in [-0.25, -0.2) is 9.67 Å². The smallest absolute Gasteiger partial charge is 0.138 e. The number of nitrogens with zero attached hydrogens (tertiary/aromatic N) is 3. The molecular formula is C21H19N3O2. The molecule has 0 amide bonds. The van der Waals surface area contributed by atoms with Gasteiger partial charge in [0.25, 0.3) is 0 Å². The van der Waals surface area contributed by atoms with Crippen molar-refractivity contribution < 1.29 is 9.84 Å². The number of hydrogen-bond acceptors (Lipinski definition) is 4. The molecule has 1 unspecified atom stereocenters. The summed E-state index contributed by atoms with van der Waals surface area (Å²) in [5.41, 5.74) is 1.96. The Morgan fingerprint density at radius 2 is 1.85 bits per heavy atom. The van der Waals surface area contributed by atoms with E-state index in [4.69, 9.17) is 4.74 Å². The maximum atomic E-state index is 10.3. The highest BCUT2D eigenvalue weighted by atomic mass is 16.5. The summed E-state index contributed by atoms with van der Waals surface area (Å²) in [6, 6.07) is 22.0. The molecule has 5 heteroatoms. The largest absolute Gasteiger partial charge is 0.491 e. The lowest BCUT2D eigenvalue weighted by Gasteiger charge is -2.13. The first-order valence-electron chi connectivity index (χ1n) is 8.51. The van der Waals surface area contributed by atoms with Crippen LogP contribution in [0.15, 0.2) is 79.4 Å². The Hall–Kier alpha value is -3.18. The van der Waals surface area contributed by atoms with Gasteiger partial charge in [-0.2, -0.15) is 5.10 Å². The number of fused-ring (bicyclic) bond motifs is 1. The van der Waals surface area contributed by atoms with Crippen LogP contribution in [0.4, 0.5) is 0 Å². The molecule has 0 aliphatic heterocycles. The van der Waals surface area contributed by atoms with Gasteiger partial charge < -0.3 is 9.84 Å². The molecule has 130 valence electrons. The van der Waals surface area contributed by atoms with E-state index in [1.54, 1.807) is 11.0 Å². The molecule has 3 aromatic carbocycles. The fourth-order valence-electron chi connectivity index (χ4n) is 2.95. The van der Waals surface area contributed by atoms with Crippen molar-refractivity contribution in [3.8, 4) is 11.4 Å². The summed E-state index contributed by atoms with van der Waals surface area (Å²) in [6.45, 7) is 0.230. The molecule has 0 spiro atoms. The number of hydrogen-bond donors (Lipinski definition) is 1. The normalized spacial score (nSPS) is 12.2. The van der Waals surface area contributed by atoms with Gasteiger partial charge in [-0.1, -0.05) is 48.5 Å². The molecule has 1 atom stereocenters. The molecule has 26 heavy (non-hydrogen) atoms. The zero-order valence-electron chi connectivity index (χ0n) is 14.2. The molecule has 1 aromatic heterocycles. The van der Waals surface area contributed by atoms with Gasteiger partial charge in [0.15, 0.2) is 0 Å². The van der Waals surface area contributed by atoms with E-state index < -0.39 is 6.10 Å². The standard InChI is InChI=1S/C21H19N3O2/c25-20(11-16-8-9-17-4-1-2-5-18(17)10-16)13-26-21-7-3-6-19(12-21)24-15-22-14-23-24/h1-10,12,14-15,20,25H,11,13H2. The Morgan fingerprint density at radius 3 is 2.69 bits per heavy atom. The van der Waals surface area contributed by atoms with E-state index in [9.17, 15) is 5.11 Å². The molecule has 0 saturated heterocycles. The zero-order valence-corrected chi connectivity index (χ0v) is 14.2. The summed E-state index contributed by atoms with van der Waals surface area (Å²) < 4.78 is 7.42. The van der Waals surface area contributed by atoms with Crippen LogP contribution in [0.25, 0.3) is 16.5 Å². The molecule has 1 N–H and O–H groups in total. The topological polar surface area (TPSA) is 60.2 Å². The van der Waals surface area contributed by atoms with Crippen LogP contribution in [-0.4, -0.2) is 32.6 Å². The SMILES string of the molecule is OC(COc1cccc(-n2cncn2)c1)Cc1ccc2ccccc2c1. The van der Waals surface area contributed by atoms with E-state index in [0.29, 0.717) is 12.2 Å². The summed E-state index contributed by atoms with van der Waals surface area (Å²) in [4.78, 5) is 3.94. The van der Waals surface area contributed by atoms with E-state index in [-0.39, 0.29) is 6.61 Å². The van der Waals surface area contributed by atoms with Crippen LogP contribution in [0.1, 0.15) is 5.56 Å². The van der Waals surface area contributed by atoms with E-state index in [1.165, 1.54) is 17.1 Å². The fraction of sp³-hybridized carbons (Fsp3) is 0.143. The van der Waals surface area contributed by atoms with Gasteiger partial charge in [0.2, 0.25) is 0 Å². The third-order valence-electron chi connectivity index (χ3n) is 4.23. The van der Waals surface area contributed by atoms with Crippen molar-refractivity contribution in [1.29, 1.82) is 0 Å². The summed E-state index contributed by atoms with van der Waals surface area (Å²) in [7, 11) is 0. The van der Waals surface area contributed by atoms with Crippen LogP contribution in [-0.2, 0) is 6.42 Å². The van der Waals surface area contributed by atoms with Crippen LogP contribution in [0.5, 0.6) is 5.75 Å². The summed E-state index contributed by atoms with van der Waals surface area (Å²) in [6.07, 6.45) is 3.09. The Kier molecular flexibility index (Phi) is 4.62. The average Bonchev–Trinajstić information content (AvgIpc) is 3.21. The monoisotopic (exact) mass is 345 g/mol. The number of rotatable bonds is 6. The number of ether oxygens (including phenoxy) is 1. The molecule has 0 radical (unpaired) electrons. The van der Waals surface area contributed by atoms with E-state index >= 15 is 0 Å². The zero-order chi connectivity index (χ0) is 17.8. The molecule has 0 saturated carbocycles. The van der Waals surface area contributed by atoms with Gasteiger partial charge in [0.1, 0.15) is 25.0 Å².